The molecule has 0 aromatic heterocycles. The zero-order chi connectivity index (χ0) is 49.4. The number of benzene rings is 5. The molecule has 0 bridgehead atoms. The van der Waals surface area contributed by atoms with E-state index in [1.165, 1.54) is 23.9 Å². The van der Waals surface area contributed by atoms with Crippen LogP contribution in [-0.2, 0) is 38.2 Å². The van der Waals surface area contributed by atoms with E-state index in [9.17, 15) is 44.3 Å². The summed E-state index contributed by atoms with van der Waals surface area (Å²) >= 11 is 7.57. The minimum atomic E-state index is -6.10. The third-order valence-corrected chi connectivity index (χ3v) is 17.1. The molecule has 2 fully saturated rings. The number of morpholine rings is 1. The number of piperidine rings is 1. The van der Waals surface area contributed by atoms with Crippen LogP contribution in [0.15, 0.2) is 136 Å². The lowest BCUT2D eigenvalue weighted by Gasteiger charge is -2.38. The fourth-order valence-electron chi connectivity index (χ4n) is 8.17. The molecule has 370 valence electrons. The molecule has 2 saturated heterocycles. The average molecular weight is 1050 g/mol. The monoisotopic (exact) mass is 1050 g/mol. The number of carbonyl (C=O) groups excluding carboxylic acids is 1. The van der Waals surface area contributed by atoms with Crippen LogP contribution >= 0.6 is 31.2 Å². The van der Waals surface area contributed by atoms with Crippen LogP contribution in [0.4, 0.5) is 24.5 Å². The lowest BCUT2D eigenvalue weighted by atomic mass is 9.84. The zero-order valence-corrected chi connectivity index (χ0v) is 41.4. The Balaban J connectivity index is 1.05. The molecule has 2 heterocycles. The fourth-order valence-corrected chi connectivity index (χ4v) is 12.0. The number of nitrogens with one attached hydrogen (secondary N) is 2. The van der Waals surface area contributed by atoms with Gasteiger partial charge in [-0.1, -0.05) is 66.2 Å². The summed E-state index contributed by atoms with van der Waals surface area (Å²) in [6.07, 6.45) is 0.627. The lowest BCUT2D eigenvalue weighted by molar-refractivity contribution is -0.0436. The summed E-state index contributed by atoms with van der Waals surface area (Å²) in [5.74, 6) is -0.986. The van der Waals surface area contributed by atoms with Crippen molar-refractivity contribution < 1.29 is 58.0 Å². The molecule has 14 nitrogen and oxygen atoms in total. The first kappa shape index (κ1) is 52.4. The second kappa shape index (κ2) is 22.7. The number of carbonyl (C=O) groups is 1. The Labute approximate surface area is 409 Å². The molecule has 2 aliphatic heterocycles. The maximum atomic E-state index is 14.2. The molecular formula is C47H51ClF3N4O10PS3. The quantitative estimate of drug-likeness (QED) is 0.0526. The highest BCUT2D eigenvalue weighted by Gasteiger charge is 2.48. The summed E-state index contributed by atoms with van der Waals surface area (Å²) in [5.41, 5.74) is -3.30. The molecule has 1 amide bonds. The Bertz CT molecular complexity index is 2820. The van der Waals surface area contributed by atoms with Gasteiger partial charge in [-0.25, -0.2) is 26.1 Å². The Morgan fingerprint density at radius 3 is 2.20 bits per heavy atom. The highest BCUT2D eigenvalue weighted by atomic mass is 35.5. The van der Waals surface area contributed by atoms with Gasteiger partial charge in [-0.15, -0.1) is 11.8 Å². The molecule has 0 saturated carbocycles. The number of sulfonamides is 1. The smallest absolute Gasteiger partial charge is 0.380 e. The predicted molar refractivity (Wildman–Crippen MR) is 260 cm³/mol. The molecule has 69 heavy (non-hydrogen) atoms. The first-order valence-corrected chi connectivity index (χ1v) is 27.7. The van der Waals surface area contributed by atoms with Crippen molar-refractivity contribution in [3.63, 3.8) is 0 Å². The van der Waals surface area contributed by atoms with Crippen molar-refractivity contribution in [2.75, 3.05) is 69.0 Å². The number of amides is 1. The number of rotatable bonds is 19. The molecule has 5 aromatic rings. The molecule has 0 spiro atoms. The Morgan fingerprint density at radius 2 is 1.55 bits per heavy atom. The lowest BCUT2D eigenvalue weighted by Crippen LogP contribution is -2.39. The SMILES string of the molecule is COP(=O)(O)O[C@@H](c1ccccc1-c1ccc(Cl)cc1)C1CCN(c2ccc(C(=O)NS(=O)(=O)c3ccc(N[C@H](CCN4CCOCC4)CSc4ccccc4)c(S(=O)(=O)C(F)(F)F)c3)cc2)CC1. The van der Waals surface area contributed by atoms with Gasteiger partial charge in [0.15, 0.2) is 0 Å². The number of hydrogen-bond donors (Lipinski definition) is 3. The maximum Gasteiger partial charge on any atom is 0.501 e. The average Bonchev–Trinajstić information content (AvgIpc) is 3.34. The van der Waals surface area contributed by atoms with Gasteiger partial charge >= 0.3 is 13.3 Å². The topological polar surface area (TPSA) is 181 Å². The molecule has 0 aliphatic carbocycles. The van der Waals surface area contributed by atoms with E-state index in [1.54, 1.807) is 24.3 Å². The summed E-state index contributed by atoms with van der Waals surface area (Å²) in [4.78, 5) is 26.8. The van der Waals surface area contributed by atoms with Crippen molar-refractivity contribution in [3.8, 4) is 11.1 Å². The van der Waals surface area contributed by atoms with Crippen molar-refractivity contribution in [1.29, 1.82) is 0 Å². The van der Waals surface area contributed by atoms with Gasteiger partial charge in [-0.3, -0.25) is 18.7 Å². The minimum Gasteiger partial charge on any atom is -0.380 e. The van der Waals surface area contributed by atoms with Crippen LogP contribution in [0.3, 0.4) is 0 Å². The van der Waals surface area contributed by atoms with E-state index in [0.717, 1.165) is 35.3 Å². The number of sulfone groups is 1. The third kappa shape index (κ3) is 13.5. The fraction of sp³-hybridized carbons (Fsp3) is 0.340. The van der Waals surface area contributed by atoms with E-state index in [2.05, 4.69) is 10.2 Å². The van der Waals surface area contributed by atoms with E-state index >= 15 is 0 Å². The van der Waals surface area contributed by atoms with Crippen molar-refractivity contribution in [1.82, 2.24) is 9.62 Å². The number of thioether (sulfide) groups is 1. The summed E-state index contributed by atoms with van der Waals surface area (Å²) in [5, 5.41) is 3.52. The third-order valence-electron chi connectivity index (χ3n) is 11.9. The number of alkyl halides is 3. The molecule has 0 radical (unpaired) electrons. The van der Waals surface area contributed by atoms with Gasteiger partial charge in [0.05, 0.1) is 29.9 Å². The Kier molecular flexibility index (Phi) is 17.3. The number of hydrogen-bond acceptors (Lipinski definition) is 13. The largest absolute Gasteiger partial charge is 0.501 e. The van der Waals surface area contributed by atoms with Gasteiger partial charge in [0, 0.05) is 72.8 Å². The number of anilines is 2. The second-order valence-corrected chi connectivity index (χ2v) is 23.0. The normalized spacial score (nSPS) is 17.2. The van der Waals surface area contributed by atoms with Crippen LogP contribution < -0.4 is 14.9 Å². The van der Waals surface area contributed by atoms with E-state index in [1.807, 2.05) is 76.4 Å². The number of ether oxygens (including phenoxy) is 1. The van der Waals surface area contributed by atoms with E-state index in [4.69, 9.17) is 25.4 Å². The number of phosphoric acid groups is 1. The molecule has 3 atom stereocenters. The molecule has 22 heteroatoms. The van der Waals surface area contributed by atoms with E-state index in [0.29, 0.717) is 93.3 Å². The predicted octanol–water partition coefficient (Wildman–Crippen LogP) is 9.44. The molecule has 1 unspecified atom stereocenters. The van der Waals surface area contributed by atoms with Gasteiger partial charge in [0.2, 0.25) is 0 Å². The summed E-state index contributed by atoms with van der Waals surface area (Å²) < 4.78 is 127. The van der Waals surface area contributed by atoms with Crippen LogP contribution in [0, 0.1) is 5.92 Å². The first-order valence-electron chi connectivity index (χ1n) is 21.9. The summed E-state index contributed by atoms with van der Waals surface area (Å²) in [6.45, 7) is 3.86. The standard InChI is InChI=1S/C47H51ClF3N4O10PS3/c1-63-66(57,58)65-45(42-10-6-5-9-41(42)33-11-15-36(48)16-12-33)34-21-25-55(26-22-34)38-17-13-35(14-18-38)46(56)53-69(61,62)40-19-20-43(44(31-40)68(59,60)47(49,50)51)52-37(23-24-54-27-29-64-30-28-54)32-67-39-7-3-2-4-8-39/h2-20,31,34,37,45,52H,21-30,32H2,1H3,(H,53,56)(H,57,58)/t37-,45-/m1/s1. The van der Waals surface area contributed by atoms with Crippen LogP contribution in [0.1, 0.15) is 41.3 Å². The molecule has 2 aliphatic rings. The van der Waals surface area contributed by atoms with Crippen molar-refractivity contribution >= 4 is 68.3 Å². The summed E-state index contributed by atoms with van der Waals surface area (Å²) in [7, 11) is -14.4. The van der Waals surface area contributed by atoms with Crippen molar-refractivity contribution in [2.45, 2.75) is 51.6 Å². The number of phosphoric ester groups is 1. The van der Waals surface area contributed by atoms with Crippen molar-refractivity contribution in [3.05, 3.63) is 137 Å². The van der Waals surface area contributed by atoms with Crippen LogP contribution in [0.25, 0.3) is 11.1 Å². The molecule has 7 rings (SSSR count). The van der Waals surface area contributed by atoms with Gasteiger partial charge in [0.25, 0.3) is 25.8 Å². The Morgan fingerprint density at radius 1 is 0.899 bits per heavy atom. The molecule has 5 aromatic carbocycles. The first-order chi connectivity index (χ1) is 32.8. The zero-order valence-electron chi connectivity index (χ0n) is 37.3. The highest BCUT2D eigenvalue weighted by Crippen LogP contribution is 2.52. The van der Waals surface area contributed by atoms with Gasteiger partial charge in [0.1, 0.15) is 4.90 Å². The molecule has 3 N–H and O–H groups in total. The van der Waals surface area contributed by atoms with E-state index < -0.39 is 66.7 Å². The van der Waals surface area contributed by atoms with Gasteiger partial charge in [-0.2, -0.15) is 13.2 Å². The van der Waals surface area contributed by atoms with Gasteiger partial charge in [-0.05, 0) is 109 Å². The minimum absolute atomic E-state index is 0.0943. The van der Waals surface area contributed by atoms with Crippen LogP contribution in [-0.4, -0.2) is 103 Å². The van der Waals surface area contributed by atoms with E-state index in [-0.39, 0.29) is 11.5 Å². The second-order valence-electron chi connectivity index (χ2n) is 16.4. The maximum absolute atomic E-state index is 14.2. The summed E-state index contributed by atoms with van der Waals surface area (Å²) in [6, 6.07) is 31.7. The van der Waals surface area contributed by atoms with Crippen molar-refractivity contribution in [2.24, 2.45) is 5.92 Å². The molecular weight excluding hydrogens is 1000 g/mol. The number of halogens is 4. The van der Waals surface area contributed by atoms with Gasteiger partial charge < -0.3 is 19.8 Å². The Hall–Kier alpha value is -4.47. The van der Waals surface area contributed by atoms with Crippen LogP contribution in [0.5, 0.6) is 0 Å². The van der Waals surface area contributed by atoms with Crippen LogP contribution in [0.2, 0.25) is 5.02 Å². The number of nitrogens with zero attached hydrogens (tertiary/aromatic N) is 2. The highest BCUT2D eigenvalue weighted by molar-refractivity contribution is 7.99.